The molecule has 2 unspecified atom stereocenters. The highest BCUT2D eigenvalue weighted by atomic mass is 16.5. The van der Waals surface area contributed by atoms with Crippen LogP contribution in [0.4, 0.5) is 11.5 Å². The average Bonchev–Trinajstić information content (AvgIpc) is 2.61. The molecule has 2 heterocycles. The minimum atomic E-state index is -0.162. The second kappa shape index (κ2) is 8.29. The normalized spacial score (nSPS) is 23.9. The standard InChI is InChI=1S/C18H26N4O3/c1-13-3-2-4-15(9-13)25-12-18(24)21-14-5-6-16(20-10-14)22-8-7-19-17(23)11-22/h5-6,10,13,15H,2-4,7-9,11-12H2,1H3,(H,19,23)(H,21,24). The van der Waals surface area contributed by atoms with Crippen LogP contribution < -0.4 is 15.5 Å². The van der Waals surface area contributed by atoms with Crippen molar-refractivity contribution in [3.05, 3.63) is 18.3 Å². The second-order valence-electron chi connectivity index (χ2n) is 6.93. The Kier molecular flexibility index (Phi) is 5.86. The minimum Gasteiger partial charge on any atom is -0.368 e. The van der Waals surface area contributed by atoms with E-state index in [9.17, 15) is 9.59 Å². The molecule has 2 N–H and O–H groups in total. The molecule has 136 valence electrons. The quantitative estimate of drug-likeness (QED) is 0.845. The SMILES string of the molecule is CC1CCCC(OCC(=O)Nc2ccc(N3CCNC(=O)C3)nc2)C1. The first-order chi connectivity index (χ1) is 12.1. The number of nitrogens with zero attached hydrogens (tertiary/aromatic N) is 2. The van der Waals surface area contributed by atoms with E-state index in [-0.39, 0.29) is 24.5 Å². The van der Waals surface area contributed by atoms with Gasteiger partial charge < -0.3 is 20.3 Å². The first-order valence-corrected chi connectivity index (χ1v) is 8.99. The van der Waals surface area contributed by atoms with E-state index in [0.717, 1.165) is 25.2 Å². The van der Waals surface area contributed by atoms with Crippen LogP contribution >= 0.6 is 0 Å². The zero-order valence-electron chi connectivity index (χ0n) is 14.7. The highest BCUT2D eigenvalue weighted by Gasteiger charge is 2.20. The van der Waals surface area contributed by atoms with Crippen LogP contribution in [0.15, 0.2) is 18.3 Å². The van der Waals surface area contributed by atoms with Gasteiger partial charge >= 0.3 is 0 Å². The third-order valence-electron chi connectivity index (χ3n) is 4.73. The van der Waals surface area contributed by atoms with Crippen molar-refractivity contribution in [2.45, 2.75) is 38.7 Å². The van der Waals surface area contributed by atoms with Gasteiger partial charge in [-0.2, -0.15) is 0 Å². The molecule has 0 radical (unpaired) electrons. The maximum absolute atomic E-state index is 12.0. The van der Waals surface area contributed by atoms with Crippen molar-refractivity contribution in [2.24, 2.45) is 5.92 Å². The molecule has 0 aromatic carbocycles. The van der Waals surface area contributed by atoms with Crippen LogP contribution in [-0.2, 0) is 14.3 Å². The van der Waals surface area contributed by atoms with E-state index in [2.05, 4.69) is 22.5 Å². The van der Waals surface area contributed by atoms with Gasteiger partial charge in [0.2, 0.25) is 11.8 Å². The smallest absolute Gasteiger partial charge is 0.250 e. The van der Waals surface area contributed by atoms with Crippen molar-refractivity contribution in [3.63, 3.8) is 0 Å². The number of piperazine rings is 1. The summed E-state index contributed by atoms with van der Waals surface area (Å²) < 4.78 is 5.73. The number of amides is 2. The van der Waals surface area contributed by atoms with Crippen molar-refractivity contribution < 1.29 is 14.3 Å². The minimum absolute atomic E-state index is 0.000362. The molecule has 0 spiro atoms. The third kappa shape index (κ3) is 5.16. The van der Waals surface area contributed by atoms with E-state index in [1.54, 1.807) is 12.3 Å². The maximum atomic E-state index is 12.0. The number of carbonyl (C=O) groups excluding carboxylic acids is 2. The predicted molar refractivity (Wildman–Crippen MR) is 95.5 cm³/mol. The Labute approximate surface area is 148 Å². The van der Waals surface area contributed by atoms with Crippen LogP contribution in [0.25, 0.3) is 0 Å². The lowest BCUT2D eigenvalue weighted by Crippen LogP contribution is -2.48. The van der Waals surface area contributed by atoms with Crippen LogP contribution in [0, 0.1) is 5.92 Å². The fourth-order valence-corrected chi connectivity index (χ4v) is 3.40. The summed E-state index contributed by atoms with van der Waals surface area (Å²) in [6.45, 7) is 3.97. The summed E-state index contributed by atoms with van der Waals surface area (Å²) >= 11 is 0. The van der Waals surface area contributed by atoms with E-state index < -0.39 is 0 Å². The Morgan fingerprint density at radius 2 is 2.32 bits per heavy atom. The second-order valence-corrected chi connectivity index (χ2v) is 6.93. The summed E-state index contributed by atoms with van der Waals surface area (Å²) in [6, 6.07) is 3.62. The Hall–Kier alpha value is -2.15. The number of aromatic nitrogens is 1. The van der Waals surface area contributed by atoms with E-state index in [1.807, 2.05) is 11.0 Å². The van der Waals surface area contributed by atoms with Crippen molar-refractivity contribution in [2.75, 3.05) is 36.5 Å². The van der Waals surface area contributed by atoms with Crippen LogP contribution in [-0.4, -0.2) is 49.1 Å². The molecule has 0 bridgehead atoms. The lowest BCUT2D eigenvalue weighted by atomic mass is 9.89. The predicted octanol–water partition coefficient (Wildman–Crippen LogP) is 1.55. The molecule has 1 aromatic heterocycles. The van der Waals surface area contributed by atoms with E-state index >= 15 is 0 Å². The number of rotatable bonds is 5. The van der Waals surface area contributed by atoms with Gasteiger partial charge in [0, 0.05) is 13.1 Å². The summed E-state index contributed by atoms with van der Waals surface area (Å²) in [4.78, 5) is 29.7. The highest BCUT2D eigenvalue weighted by molar-refractivity contribution is 5.91. The molecule has 2 atom stereocenters. The van der Waals surface area contributed by atoms with E-state index in [4.69, 9.17) is 4.74 Å². The van der Waals surface area contributed by atoms with Gasteiger partial charge in [-0.1, -0.05) is 19.8 Å². The Balaban J connectivity index is 1.46. The van der Waals surface area contributed by atoms with Gasteiger partial charge in [-0.15, -0.1) is 0 Å². The van der Waals surface area contributed by atoms with E-state index in [0.29, 0.717) is 24.7 Å². The van der Waals surface area contributed by atoms with Crippen molar-refractivity contribution >= 4 is 23.3 Å². The summed E-state index contributed by atoms with van der Waals surface area (Å²) in [5, 5.41) is 5.59. The van der Waals surface area contributed by atoms with Crippen LogP contribution in [0.3, 0.4) is 0 Å². The first-order valence-electron chi connectivity index (χ1n) is 8.99. The average molecular weight is 346 g/mol. The molecule has 7 heteroatoms. The molecule has 1 saturated heterocycles. The monoisotopic (exact) mass is 346 g/mol. The topological polar surface area (TPSA) is 83.6 Å². The molecule has 1 saturated carbocycles. The lowest BCUT2D eigenvalue weighted by molar-refractivity contribution is -0.123. The molecule has 2 amide bonds. The Morgan fingerprint density at radius 3 is 3.04 bits per heavy atom. The van der Waals surface area contributed by atoms with Gasteiger partial charge in [0.15, 0.2) is 0 Å². The van der Waals surface area contributed by atoms with E-state index in [1.165, 1.54) is 12.8 Å². The molecule has 1 aliphatic heterocycles. The van der Waals surface area contributed by atoms with Crippen LogP contribution in [0.5, 0.6) is 0 Å². The molecule has 3 rings (SSSR count). The van der Waals surface area contributed by atoms with Gasteiger partial charge in [-0.05, 0) is 30.9 Å². The number of pyridine rings is 1. The number of nitrogens with one attached hydrogen (secondary N) is 2. The zero-order valence-corrected chi connectivity index (χ0v) is 14.7. The van der Waals surface area contributed by atoms with Crippen molar-refractivity contribution in [1.29, 1.82) is 0 Å². The molecule has 2 fully saturated rings. The van der Waals surface area contributed by atoms with Gasteiger partial charge in [0.05, 0.1) is 24.5 Å². The molecule has 1 aromatic rings. The number of ether oxygens (including phenoxy) is 1. The summed E-state index contributed by atoms with van der Waals surface area (Å²) in [5.41, 5.74) is 0.635. The maximum Gasteiger partial charge on any atom is 0.250 e. The Morgan fingerprint density at radius 1 is 1.44 bits per heavy atom. The van der Waals surface area contributed by atoms with Crippen LogP contribution in [0.1, 0.15) is 32.6 Å². The summed E-state index contributed by atoms with van der Waals surface area (Å²) in [7, 11) is 0. The molecular formula is C18H26N4O3. The number of carbonyl (C=O) groups is 2. The molecule has 2 aliphatic rings. The van der Waals surface area contributed by atoms with Gasteiger partial charge in [0.1, 0.15) is 12.4 Å². The Bertz CT molecular complexity index is 605. The largest absolute Gasteiger partial charge is 0.368 e. The van der Waals surface area contributed by atoms with Crippen molar-refractivity contribution in [1.82, 2.24) is 10.3 Å². The first kappa shape index (κ1) is 17.7. The molecule has 7 nitrogen and oxygen atoms in total. The third-order valence-corrected chi connectivity index (χ3v) is 4.73. The lowest BCUT2D eigenvalue weighted by Gasteiger charge is -2.27. The fourth-order valence-electron chi connectivity index (χ4n) is 3.40. The fraction of sp³-hybridized carbons (Fsp3) is 0.611. The highest BCUT2D eigenvalue weighted by Crippen LogP contribution is 2.25. The summed E-state index contributed by atoms with van der Waals surface area (Å²) in [6.07, 6.45) is 6.31. The molecule has 25 heavy (non-hydrogen) atoms. The number of hydrogen-bond acceptors (Lipinski definition) is 5. The van der Waals surface area contributed by atoms with Gasteiger partial charge in [-0.25, -0.2) is 4.98 Å². The molecular weight excluding hydrogens is 320 g/mol. The molecule has 1 aliphatic carbocycles. The number of anilines is 2. The summed E-state index contributed by atoms with van der Waals surface area (Å²) in [5.74, 6) is 1.25. The van der Waals surface area contributed by atoms with Gasteiger partial charge in [0.25, 0.3) is 0 Å². The number of hydrogen-bond donors (Lipinski definition) is 2. The van der Waals surface area contributed by atoms with Crippen molar-refractivity contribution in [3.8, 4) is 0 Å². The van der Waals surface area contributed by atoms with Crippen LogP contribution in [0.2, 0.25) is 0 Å². The zero-order chi connectivity index (χ0) is 17.6. The van der Waals surface area contributed by atoms with Gasteiger partial charge in [-0.3, -0.25) is 9.59 Å².